The van der Waals surface area contributed by atoms with Crippen LogP contribution in [0.1, 0.15) is 5.56 Å². The van der Waals surface area contributed by atoms with Crippen molar-refractivity contribution >= 4 is 23.9 Å². The Morgan fingerprint density at radius 3 is 2.92 bits per heavy atom. The van der Waals surface area contributed by atoms with Crippen molar-refractivity contribution in [2.45, 2.75) is 6.92 Å². The molecule has 0 N–H and O–H groups in total. The summed E-state index contributed by atoms with van der Waals surface area (Å²) < 4.78 is 10.1. The first-order valence-corrected chi connectivity index (χ1v) is 3.97. The van der Waals surface area contributed by atoms with Gasteiger partial charge in [0.25, 0.3) is 0 Å². The fourth-order valence-corrected chi connectivity index (χ4v) is 1.39. The van der Waals surface area contributed by atoms with Gasteiger partial charge in [0.05, 0.1) is 6.26 Å². The first-order valence-electron chi connectivity index (χ1n) is 3.61. The fraction of sp³-hybridized carbons (Fsp3) is 0.111. The first-order chi connectivity index (χ1) is 5.83. The molecule has 0 saturated heterocycles. The highest BCUT2D eigenvalue weighted by molar-refractivity contribution is 7.75. The molecule has 3 heteroatoms. The lowest BCUT2D eigenvalue weighted by Crippen LogP contribution is -1.78. The van der Waals surface area contributed by atoms with Gasteiger partial charge in [-0.25, -0.2) is 0 Å². The zero-order valence-corrected chi connectivity index (χ0v) is 7.47. The summed E-state index contributed by atoms with van der Waals surface area (Å²) in [6.07, 6.45) is 1.65. The highest BCUT2D eigenvalue weighted by Crippen LogP contribution is 2.29. The summed E-state index contributed by atoms with van der Waals surface area (Å²) in [6.45, 7) is 2.03. The zero-order chi connectivity index (χ0) is 8.55. The largest absolute Gasteiger partial charge is 0.460 e. The van der Waals surface area contributed by atoms with Crippen LogP contribution in [0.3, 0.4) is 0 Å². The Morgan fingerprint density at radius 2 is 2.17 bits per heavy atom. The number of rotatable bonds is 1. The highest BCUT2D eigenvalue weighted by Gasteiger charge is 2.06. The molecular formula is C9H8O2S. The molecule has 1 aromatic carbocycles. The SMILES string of the molecule is Cc1ccc(OS)c2occc12. The van der Waals surface area contributed by atoms with Gasteiger partial charge in [0.1, 0.15) is 0 Å². The standard InChI is InChI=1S/C9H8O2S/c1-6-2-3-8(11-12)9-7(6)4-5-10-9/h2-5,12H,1H3. The van der Waals surface area contributed by atoms with E-state index in [1.54, 1.807) is 6.26 Å². The van der Waals surface area contributed by atoms with E-state index in [0.29, 0.717) is 5.75 Å². The third-order valence-electron chi connectivity index (χ3n) is 1.90. The molecule has 0 atom stereocenters. The summed E-state index contributed by atoms with van der Waals surface area (Å²) in [6, 6.07) is 5.73. The van der Waals surface area contributed by atoms with Gasteiger partial charge in [0.15, 0.2) is 11.3 Å². The van der Waals surface area contributed by atoms with Crippen LogP contribution >= 0.6 is 12.9 Å². The van der Waals surface area contributed by atoms with Crippen molar-refractivity contribution in [3.8, 4) is 5.75 Å². The van der Waals surface area contributed by atoms with E-state index in [1.807, 2.05) is 25.1 Å². The predicted molar refractivity (Wildman–Crippen MR) is 50.6 cm³/mol. The van der Waals surface area contributed by atoms with Crippen LogP contribution in [0.25, 0.3) is 11.0 Å². The van der Waals surface area contributed by atoms with Crippen molar-refractivity contribution in [2.24, 2.45) is 0 Å². The molecule has 0 unspecified atom stereocenters. The molecule has 2 aromatic rings. The van der Waals surface area contributed by atoms with E-state index in [4.69, 9.17) is 8.60 Å². The van der Waals surface area contributed by atoms with E-state index in [-0.39, 0.29) is 0 Å². The van der Waals surface area contributed by atoms with E-state index >= 15 is 0 Å². The van der Waals surface area contributed by atoms with Crippen LogP contribution in [0.5, 0.6) is 5.75 Å². The third kappa shape index (κ3) is 0.975. The number of fused-ring (bicyclic) bond motifs is 1. The summed E-state index contributed by atoms with van der Waals surface area (Å²) in [7, 11) is 0. The minimum atomic E-state index is 0.656. The molecule has 12 heavy (non-hydrogen) atoms. The smallest absolute Gasteiger partial charge is 0.180 e. The molecule has 0 aliphatic carbocycles. The Kier molecular flexibility index (Phi) is 1.73. The molecule has 0 aliphatic heterocycles. The van der Waals surface area contributed by atoms with Crippen LogP contribution in [0.15, 0.2) is 28.9 Å². The monoisotopic (exact) mass is 180 g/mol. The van der Waals surface area contributed by atoms with Crippen LogP contribution in [-0.4, -0.2) is 0 Å². The maximum Gasteiger partial charge on any atom is 0.180 e. The fourth-order valence-electron chi connectivity index (χ4n) is 1.25. The van der Waals surface area contributed by atoms with Crippen molar-refractivity contribution in [2.75, 3.05) is 0 Å². The quantitative estimate of drug-likeness (QED) is 0.538. The maximum absolute atomic E-state index is 5.25. The summed E-state index contributed by atoms with van der Waals surface area (Å²) in [5.74, 6) is 0.656. The predicted octanol–water partition coefficient (Wildman–Crippen LogP) is 2.96. The minimum Gasteiger partial charge on any atom is -0.460 e. The Balaban J connectivity index is 2.82. The number of benzene rings is 1. The number of furan rings is 1. The molecule has 0 spiro atoms. The van der Waals surface area contributed by atoms with Crippen molar-refractivity contribution in [3.05, 3.63) is 30.0 Å². The van der Waals surface area contributed by atoms with E-state index in [9.17, 15) is 0 Å². The number of hydrogen-bond acceptors (Lipinski definition) is 3. The van der Waals surface area contributed by atoms with Gasteiger partial charge in [0, 0.05) is 18.3 Å². The molecule has 0 fully saturated rings. The van der Waals surface area contributed by atoms with E-state index in [0.717, 1.165) is 11.0 Å². The van der Waals surface area contributed by atoms with Crippen molar-refractivity contribution < 1.29 is 8.60 Å². The van der Waals surface area contributed by atoms with Gasteiger partial charge in [-0.3, -0.25) is 0 Å². The molecule has 0 radical (unpaired) electrons. The summed E-state index contributed by atoms with van der Waals surface area (Å²) in [5.41, 5.74) is 1.93. The molecule has 62 valence electrons. The molecule has 2 rings (SSSR count). The average Bonchev–Trinajstić information content (AvgIpc) is 2.54. The van der Waals surface area contributed by atoms with Gasteiger partial charge >= 0.3 is 0 Å². The number of hydrogen-bond donors (Lipinski definition) is 1. The summed E-state index contributed by atoms with van der Waals surface area (Å²) in [4.78, 5) is 0. The normalized spacial score (nSPS) is 10.5. The second kappa shape index (κ2) is 2.75. The van der Waals surface area contributed by atoms with Crippen molar-refractivity contribution in [1.82, 2.24) is 0 Å². The number of aryl methyl sites for hydroxylation is 1. The lowest BCUT2D eigenvalue weighted by Gasteiger charge is -1.99. The molecule has 0 aliphatic rings. The van der Waals surface area contributed by atoms with Gasteiger partial charge < -0.3 is 8.60 Å². The van der Waals surface area contributed by atoms with Crippen LogP contribution in [-0.2, 0) is 0 Å². The van der Waals surface area contributed by atoms with Crippen molar-refractivity contribution in [3.63, 3.8) is 0 Å². The molecular weight excluding hydrogens is 172 g/mol. The van der Waals surface area contributed by atoms with Crippen LogP contribution in [0.4, 0.5) is 0 Å². The highest BCUT2D eigenvalue weighted by atomic mass is 32.1. The Bertz CT molecular complexity index is 406. The third-order valence-corrected chi connectivity index (χ3v) is 2.09. The van der Waals surface area contributed by atoms with Crippen molar-refractivity contribution in [1.29, 1.82) is 0 Å². The molecule has 0 saturated carbocycles. The lowest BCUT2D eigenvalue weighted by molar-refractivity contribution is 0.582. The molecule has 2 nitrogen and oxygen atoms in total. The van der Waals surface area contributed by atoms with E-state index < -0.39 is 0 Å². The van der Waals surface area contributed by atoms with Crippen LogP contribution < -0.4 is 4.18 Å². The average molecular weight is 180 g/mol. The molecule has 0 bridgehead atoms. The van der Waals surface area contributed by atoms with E-state index in [2.05, 4.69) is 12.9 Å². The summed E-state index contributed by atoms with van der Waals surface area (Å²) in [5, 5.41) is 1.07. The first kappa shape index (κ1) is 7.55. The zero-order valence-electron chi connectivity index (χ0n) is 6.57. The molecule has 1 aromatic heterocycles. The minimum absolute atomic E-state index is 0.656. The summed E-state index contributed by atoms with van der Waals surface area (Å²) >= 11 is 3.74. The Hall–Kier alpha value is -1.09. The van der Waals surface area contributed by atoms with Crippen LogP contribution in [0.2, 0.25) is 0 Å². The van der Waals surface area contributed by atoms with Gasteiger partial charge in [-0.1, -0.05) is 6.07 Å². The van der Waals surface area contributed by atoms with E-state index in [1.165, 1.54) is 5.56 Å². The van der Waals surface area contributed by atoms with Gasteiger partial charge in [-0.2, -0.15) is 0 Å². The Labute approximate surface area is 75.7 Å². The van der Waals surface area contributed by atoms with Crippen LogP contribution in [0, 0.1) is 6.92 Å². The second-order valence-corrected chi connectivity index (χ2v) is 2.82. The van der Waals surface area contributed by atoms with Gasteiger partial charge in [0.2, 0.25) is 0 Å². The maximum atomic E-state index is 5.25. The second-order valence-electron chi connectivity index (χ2n) is 2.64. The molecule has 1 heterocycles. The number of thiol groups is 1. The lowest BCUT2D eigenvalue weighted by atomic mass is 10.1. The topological polar surface area (TPSA) is 22.4 Å². The van der Waals surface area contributed by atoms with Gasteiger partial charge in [-0.05, 0) is 24.6 Å². The van der Waals surface area contributed by atoms with Gasteiger partial charge in [-0.15, -0.1) is 0 Å². The molecule has 0 amide bonds. The Morgan fingerprint density at radius 1 is 1.33 bits per heavy atom.